The minimum atomic E-state index is -2.63. The quantitative estimate of drug-likeness (QED) is 0.193. The first-order valence-electron chi connectivity index (χ1n) is 12.9. The molecule has 0 atom stereocenters. The van der Waals surface area contributed by atoms with Crippen LogP contribution in [0.25, 0.3) is 17.0 Å². The highest BCUT2D eigenvalue weighted by molar-refractivity contribution is 6.76. The fraction of sp³-hybridized carbons (Fsp3) is 0.393. The summed E-state index contributed by atoms with van der Waals surface area (Å²) in [6, 6.07) is 12.3. The molecular weight excluding hydrogens is 504 g/mol. The molecule has 0 aliphatic heterocycles. The Morgan fingerprint density at radius 1 is 1.16 bits per heavy atom. The first-order chi connectivity index (χ1) is 18.0. The molecule has 3 aromatic heterocycles. The van der Waals surface area contributed by atoms with Gasteiger partial charge in [-0.2, -0.15) is 0 Å². The number of alkyl halides is 2. The van der Waals surface area contributed by atoms with Gasteiger partial charge in [0, 0.05) is 62.8 Å². The van der Waals surface area contributed by atoms with E-state index in [0.717, 1.165) is 22.9 Å². The molecular formula is C28H33F2N5O2Si. The lowest BCUT2D eigenvalue weighted by Gasteiger charge is -2.35. The van der Waals surface area contributed by atoms with Gasteiger partial charge in [-0.3, -0.25) is 9.20 Å². The molecule has 0 saturated heterocycles. The summed E-state index contributed by atoms with van der Waals surface area (Å²) in [5.74, 6) is -2.53. The summed E-state index contributed by atoms with van der Waals surface area (Å²) in [7, 11) is -1.27. The number of pyridine rings is 1. The molecule has 1 amide bonds. The Hall–Kier alpha value is -3.37. The monoisotopic (exact) mass is 537 g/mol. The van der Waals surface area contributed by atoms with Gasteiger partial charge in [-0.15, -0.1) is 0 Å². The second-order valence-corrected chi connectivity index (χ2v) is 16.9. The van der Waals surface area contributed by atoms with Crippen molar-refractivity contribution in [2.45, 2.75) is 64.0 Å². The minimum Gasteiger partial charge on any atom is -0.361 e. The summed E-state index contributed by atoms with van der Waals surface area (Å²) < 4.78 is 37.1. The van der Waals surface area contributed by atoms with Gasteiger partial charge in [-0.25, -0.2) is 18.7 Å². The number of benzene rings is 1. The van der Waals surface area contributed by atoms with E-state index >= 15 is 0 Å². The summed E-state index contributed by atoms with van der Waals surface area (Å²) in [6.07, 6.45) is 4.68. The Balaban J connectivity index is 1.41. The highest BCUT2D eigenvalue weighted by Crippen LogP contribution is 2.48. The van der Waals surface area contributed by atoms with Gasteiger partial charge in [-0.1, -0.05) is 37.8 Å². The number of rotatable bonds is 9. The van der Waals surface area contributed by atoms with Gasteiger partial charge >= 0.3 is 0 Å². The number of anilines is 1. The van der Waals surface area contributed by atoms with Gasteiger partial charge in [0.25, 0.3) is 5.91 Å². The standard InChI is InChI=1S/C28H33F2N5O2Si/c1-19-8-9-20(13-22(19)33-27(36)24-17-31-25-7-5-6-10-34(24)25)26-32-16-23(21-14-28(29,30)15-21)35(26)18-37-11-12-38(2,3)4/h5-10,13,16-17,21H,11-12,14-15,18H2,1-4H3,(H,33,36). The van der Waals surface area contributed by atoms with Crippen molar-refractivity contribution in [1.29, 1.82) is 0 Å². The van der Waals surface area contributed by atoms with Gasteiger partial charge in [0.1, 0.15) is 23.9 Å². The molecule has 0 unspecified atom stereocenters. The normalized spacial score (nSPS) is 15.5. The zero-order valence-corrected chi connectivity index (χ0v) is 23.2. The van der Waals surface area contributed by atoms with Crippen molar-refractivity contribution in [3.63, 3.8) is 0 Å². The highest BCUT2D eigenvalue weighted by Gasteiger charge is 2.47. The number of aryl methyl sites for hydroxylation is 1. The maximum Gasteiger partial charge on any atom is 0.274 e. The summed E-state index contributed by atoms with van der Waals surface area (Å²) in [4.78, 5) is 22.1. The fourth-order valence-electron chi connectivity index (χ4n) is 4.67. The minimum absolute atomic E-state index is 0.179. The van der Waals surface area contributed by atoms with E-state index in [1.165, 1.54) is 0 Å². The third-order valence-corrected chi connectivity index (χ3v) is 8.71. The van der Waals surface area contributed by atoms with Crippen molar-refractivity contribution >= 4 is 25.3 Å². The first kappa shape index (κ1) is 26.2. The number of nitrogens with one attached hydrogen (secondary N) is 1. The van der Waals surface area contributed by atoms with Gasteiger partial charge < -0.3 is 14.6 Å². The second-order valence-electron chi connectivity index (χ2n) is 11.3. The molecule has 200 valence electrons. The van der Waals surface area contributed by atoms with Crippen LogP contribution in [0.5, 0.6) is 0 Å². The Labute approximate surface area is 221 Å². The van der Waals surface area contributed by atoms with Gasteiger partial charge in [0.15, 0.2) is 0 Å². The Bertz CT molecular complexity index is 1470. The lowest BCUT2D eigenvalue weighted by molar-refractivity contribution is -0.0890. The van der Waals surface area contributed by atoms with Crippen LogP contribution in [-0.2, 0) is 11.5 Å². The average molecular weight is 538 g/mol. The molecule has 1 saturated carbocycles. The molecule has 5 rings (SSSR count). The van der Waals surface area contributed by atoms with Crippen molar-refractivity contribution in [1.82, 2.24) is 18.9 Å². The lowest BCUT2D eigenvalue weighted by Crippen LogP contribution is -2.35. The van der Waals surface area contributed by atoms with E-state index in [9.17, 15) is 13.6 Å². The third-order valence-electron chi connectivity index (χ3n) is 7.01. The second kappa shape index (κ2) is 10.1. The molecule has 7 nitrogen and oxygen atoms in total. The van der Waals surface area contributed by atoms with Crippen LogP contribution >= 0.6 is 0 Å². The number of amides is 1. The highest BCUT2D eigenvalue weighted by atomic mass is 28.3. The predicted octanol–water partition coefficient (Wildman–Crippen LogP) is 6.58. The van der Waals surface area contributed by atoms with Crippen LogP contribution in [0, 0.1) is 6.92 Å². The van der Waals surface area contributed by atoms with Crippen molar-refractivity contribution in [3.8, 4) is 11.4 Å². The number of ether oxygens (including phenoxy) is 1. The first-order valence-corrected chi connectivity index (χ1v) is 16.6. The number of carbonyl (C=O) groups excluding carboxylic acids is 1. The predicted molar refractivity (Wildman–Crippen MR) is 147 cm³/mol. The number of hydrogen-bond donors (Lipinski definition) is 1. The Kier molecular flexibility index (Phi) is 6.95. The number of imidazole rings is 2. The topological polar surface area (TPSA) is 73.4 Å². The largest absolute Gasteiger partial charge is 0.361 e. The van der Waals surface area contributed by atoms with Gasteiger partial charge in [-0.05, 0) is 36.7 Å². The molecule has 1 N–H and O–H groups in total. The van der Waals surface area contributed by atoms with Crippen LogP contribution in [0.1, 0.15) is 40.5 Å². The third kappa shape index (κ3) is 5.56. The molecule has 0 radical (unpaired) electrons. The molecule has 0 spiro atoms. The Morgan fingerprint density at radius 2 is 1.95 bits per heavy atom. The summed E-state index contributed by atoms with van der Waals surface area (Å²) >= 11 is 0. The molecule has 38 heavy (non-hydrogen) atoms. The van der Waals surface area contributed by atoms with Crippen LogP contribution in [0.4, 0.5) is 14.5 Å². The number of nitrogens with zero attached hydrogens (tertiary/aromatic N) is 4. The summed E-state index contributed by atoms with van der Waals surface area (Å²) in [5.41, 5.74) is 4.18. The number of hydrogen-bond acceptors (Lipinski definition) is 4. The molecule has 1 aliphatic carbocycles. The van der Waals surface area contributed by atoms with Crippen molar-refractivity contribution < 1.29 is 18.3 Å². The van der Waals surface area contributed by atoms with Crippen LogP contribution in [0.15, 0.2) is 55.0 Å². The van der Waals surface area contributed by atoms with Crippen LogP contribution < -0.4 is 5.32 Å². The van der Waals surface area contributed by atoms with Crippen molar-refractivity contribution in [2.75, 3.05) is 11.9 Å². The molecule has 4 aromatic rings. The van der Waals surface area contributed by atoms with Crippen molar-refractivity contribution in [3.05, 3.63) is 71.9 Å². The van der Waals surface area contributed by atoms with E-state index in [0.29, 0.717) is 29.5 Å². The fourth-order valence-corrected chi connectivity index (χ4v) is 5.42. The maximum absolute atomic E-state index is 13.7. The number of fused-ring (bicyclic) bond motifs is 1. The van der Waals surface area contributed by atoms with E-state index in [1.54, 1.807) is 23.0 Å². The van der Waals surface area contributed by atoms with E-state index in [-0.39, 0.29) is 31.4 Å². The SMILES string of the molecule is Cc1ccc(-c2ncc(C3CC(F)(F)C3)n2COCC[Si](C)(C)C)cc1NC(=O)c1cnc2ccccn12. The maximum atomic E-state index is 13.7. The number of carbonyl (C=O) groups is 1. The zero-order chi connectivity index (χ0) is 27.1. The number of aromatic nitrogens is 4. The molecule has 10 heteroatoms. The summed E-state index contributed by atoms with van der Waals surface area (Å²) in [5, 5.41) is 3.00. The number of halogens is 2. The molecule has 1 aliphatic rings. The molecule has 3 heterocycles. The Morgan fingerprint density at radius 3 is 2.68 bits per heavy atom. The van der Waals surface area contributed by atoms with E-state index in [4.69, 9.17) is 4.74 Å². The van der Waals surface area contributed by atoms with Gasteiger partial charge in [0.2, 0.25) is 5.92 Å². The van der Waals surface area contributed by atoms with Crippen molar-refractivity contribution in [2.24, 2.45) is 0 Å². The molecule has 1 aromatic carbocycles. The van der Waals surface area contributed by atoms with Crippen LogP contribution in [-0.4, -0.2) is 45.4 Å². The molecule has 0 bridgehead atoms. The van der Waals surface area contributed by atoms with Crippen LogP contribution in [0.3, 0.4) is 0 Å². The average Bonchev–Trinajstić information content (AvgIpc) is 3.45. The molecule has 1 fully saturated rings. The smallest absolute Gasteiger partial charge is 0.274 e. The lowest BCUT2D eigenvalue weighted by atomic mass is 9.79. The van der Waals surface area contributed by atoms with Gasteiger partial charge in [0.05, 0.1) is 6.20 Å². The zero-order valence-electron chi connectivity index (χ0n) is 22.2. The van der Waals surface area contributed by atoms with Crippen LogP contribution in [0.2, 0.25) is 25.7 Å². The summed E-state index contributed by atoms with van der Waals surface area (Å²) in [6.45, 7) is 9.64. The van der Waals surface area contributed by atoms with E-state index in [2.05, 4.69) is 34.9 Å². The van der Waals surface area contributed by atoms with E-state index in [1.807, 2.05) is 47.9 Å². The van der Waals surface area contributed by atoms with E-state index < -0.39 is 14.0 Å².